The van der Waals surface area contributed by atoms with Crippen LogP contribution in [-0.2, 0) is 14.2 Å². The Morgan fingerprint density at radius 1 is 0.690 bits per heavy atom. The minimum atomic E-state index is -0.570. The van der Waals surface area contributed by atoms with Gasteiger partial charge in [-0.1, -0.05) is 49.2 Å². The van der Waals surface area contributed by atoms with Crippen LogP contribution in [0.15, 0.2) is 60.7 Å². The second-order valence-electron chi connectivity index (χ2n) is 8.15. The zero-order valence-corrected chi connectivity index (χ0v) is 16.1. The van der Waals surface area contributed by atoms with E-state index < -0.39 is 24.1 Å². The molecule has 6 atom stereocenters. The van der Waals surface area contributed by atoms with Gasteiger partial charge in [-0.2, -0.15) is 0 Å². The Labute approximate surface area is 170 Å². The third-order valence-electron chi connectivity index (χ3n) is 6.51. The van der Waals surface area contributed by atoms with Gasteiger partial charge >= 0.3 is 11.9 Å². The summed E-state index contributed by atoms with van der Waals surface area (Å²) in [7, 11) is 0. The first-order chi connectivity index (χ1) is 14.2. The van der Waals surface area contributed by atoms with E-state index in [-0.39, 0.29) is 12.2 Å². The molecule has 3 aliphatic rings. The molecule has 2 aromatic carbocycles. The summed E-state index contributed by atoms with van der Waals surface area (Å²) in [4.78, 5) is 25.4. The number of rotatable bonds is 4. The number of esters is 2. The van der Waals surface area contributed by atoms with Crippen LogP contribution in [0, 0.1) is 11.8 Å². The van der Waals surface area contributed by atoms with E-state index in [0.717, 1.165) is 12.8 Å². The first kappa shape index (κ1) is 18.4. The van der Waals surface area contributed by atoms with Gasteiger partial charge in [-0.25, -0.2) is 9.59 Å². The number of hydrogen-bond donors (Lipinski definition) is 0. The lowest BCUT2D eigenvalue weighted by atomic mass is 9.69. The first-order valence-electron chi connectivity index (χ1n) is 10.4. The van der Waals surface area contributed by atoms with Gasteiger partial charge < -0.3 is 14.2 Å². The minimum absolute atomic E-state index is 0.202. The molecule has 1 saturated carbocycles. The third kappa shape index (κ3) is 3.33. The van der Waals surface area contributed by atoms with Crippen molar-refractivity contribution in [3.8, 4) is 0 Å². The Bertz CT molecular complexity index is 807. The van der Waals surface area contributed by atoms with Gasteiger partial charge in [-0.05, 0) is 48.9 Å². The molecule has 0 spiro atoms. The number of fused-ring (bicyclic) bond motifs is 5. The van der Waals surface area contributed by atoms with Crippen molar-refractivity contribution in [3.05, 3.63) is 71.8 Å². The van der Waals surface area contributed by atoms with Crippen LogP contribution in [0.3, 0.4) is 0 Å². The highest BCUT2D eigenvalue weighted by Gasteiger charge is 2.63. The fourth-order valence-electron chi connectivity index (χ4n) is 5.20. The summed E-state index contributed by atoms with van der Waals surface area (Å²) < 4.78 is 18.0. The van der Waals surface area contributed by atoms with Gasteiger partial charge in [-0.3, -0.25) is 0 Å². The van der Waals surface area contributed by atoms with Crippen LogP contribution in [0.2, 0.25) is 0 Å². The van der Waals surface area contributed by atoms with Crippen molar-refractivity contribution in [1.29, 1.82) is 0 Å². The lowest BCUT2D eigenvalue weighted by Crippen LogP contribution is -2.51. The van der Waals surface area contributed by atoms with Crippen molar-refractivity contribution < 1.29 is 23.8 Å². The average Bonchev–Trinajstić information content (AvgIpc) is 3.32. The second kappa shape index (κ2) is 7.64. The van der Waals surface area contributed by atoms with Crippen molar-refractivity contribution in [2.45, 2.75) is 50.1 Å². The van der Waals surface area contributed by atoms with Gasteiger partial charge in [-0.15, -0.1) is 0 Å². The zero-order valence-electron chi connectivity index (χ0n) is 16.1. The smallest absolute Gasteiger partial charge is 0.338 e. The molecular weight excluding hydrogens is 368 g/mol. The molecule has 0 aromatic heterocycles. The summed E-state index contributed by atoms with van der Waals surface area (Å²) >= 11 is 0. The maximum Gasteiger partial charge on any atom is 0.338 e. The van der Waals surface area contributed by atoms with E-state index in [1.807, 2.05) is 12.1 Å². The normalized spacial score (nSPS) is 32.4. The molecule has 2 aliphatic heterocycles. The zero-order chi connectivity index (χ0) is 19.8. The summed E-state index contributed by atoms with van der Waals surface area (Å²) in [5.41, 5.74) is 0.979. The Morgan fingerprint density at radius 2 is 1.10 bits per heavy atom. The number of ether oxygens (including phenoxy) is 3. The van der Waals surface area contributed by atoms with Crippen LogP contribution in [0.5, 0.6) is 0 Å². The van der Waals surface area contributed by atoms with E-state index >= 15 is 0 Å². The Balaban J connectivity index is 1.39. The summed E-state index contributed by atoms with van der Waals surface area (Å²) in [6.45, 7) is 0. The molecule has 3 fully saturated rings. The number of benzene rings is 2. The number of carbonyl (C=O) groups is 2. The van der Waals surface area contributed by atoms with Crippen molar-refractivity contribution >= 4 is 11.9 Å². The topological polar surface area (TPSA) is 61.8 Å². The molecule has 5 nitrogen and oxygen atoms in total. The molecule has 5 rings (SSSR count). The molecule has 2 bridgehead atoms. The fraction of sp³-hybridized carbons (Fsp3) is 0.417. The molecule has 6 unspecified atom stereocenters. The van der Waals surface area contributed by atoms with Crippen molar-refractivity contribution in [1.82, 2.24) is 0 Å². The molecular formula is C24H24O5. The third-order valence-corrected chi connectivity index (χ3v) is 6.51. The van der Waals surface area contributed by atoms with Crippen molar-refractivity contribution in [2.75, 3.05) is 0 Å². The molecule has 2 aromatic rings. The van der Waals surface area contributed by atoms with Gasteiger partial charge in [0.1, 0.15) is 12.2 Å². The SMILES string of the molecule is O=C(OC1C2OC(C3CCCCC32)C1OC(=O)c1ccccc1)c1ccccc1. The summed E-state index contributed by atoms with van der Waals surface area (Å²) in [5, 5.41) is 0. The highest BCUT2D eigenvalue weighted by atomic mass is 16.6. The maximum atomic E-state index is 12.7. The molecule has 2 heterocycles. The quantitative estimate of drug-likeness (QED) is 0.736. The molecule has 150 valence electrons. The molecule has 5 heteroatoms. The van der Waals surface area contributed by atoms with E-state index in [4.69, 9.17) is 14.2 Å². The summed E-state index contributed by atoms with van der Waals surface area (Å²) in [5.74, 6) is -0.0669. The molecule has 29 heavy (non-hydrogen) atoms. The lowest BCUT2D eigenvalue weighted by molar-refractivity contribution is -0.0620. The van der Waals surface area contributed by atoms with Gasteiger partial charge in [0, 0.05) is 0 Å². The van der Waals surface area contributed by atoms with Gasteiger partial charge in [0.25, 0.3) is 0 Å². The molecule has 1 aliphatic carbocycles. The van der Waals surface area contributed by atoms with Crippen LogP contribution < -0.4 is 0 Å². The van der Waals surface area contributed by atoms with Gasteiger partial charge in [0.15, 0.2) is 12.2 Å². The molecule has 2 saturated heterocycles. The standard InChI is InChI=1S/C24H24O5/c25-23(15-9-3-1-4-10-15)28-21-19-17-13-7-8-14-18(17)20(27-19)22(21)29-24(26)16-11-5-2-6-12-16/h1-6,9-12,17-22H,7-8,13-14H2. The number of carbonyl (C=O) groups excluding carboxylic acids is 2. The van der Waals surface area contributed by atoms with Crippen LogP contribution in [0.25, 0.3) is 0 Å². The summed E-state index contributed by atoms with van der Waals surface area (Å²) in [6.07, 6.45) is 2.94. The monoisotopic (exact) mass is 392 g/mol. The average molecular weight is 392 g/mol. The Hall–Kier alpha value is -2.66. The lowest BCUT2D eigenvalue weighted by Gasteiger charge is -2.39. The second-order valence-corrected chi connectivity index (χ2v) is 8.15. The van der Waals surface area contributed by atoms with Crippen LogP contribution in [0.1, 0.15) is 46.4 Å². The Morgan fingerprint density at radius 3 is 1.52 bits per heavy atom. The van der Waals surface area contributed by atoms with Gasteiger partial charge in [0.05, 0.1) is 11.1 Å². The van der Waals surface area contributed by atoms with Crippen molar-refractivity contribution in [2.24, 2.45) is 11.8 Å². The predicted octanol–water partition coefficient (Wildman–Crippen LogP) is 4.03. The van der Waals surface area contributed by atoms with E-state index in [1.54, 1.807) is 48.5 Å². The van der Waals surface area contributed by atoms with E-state index in [2.05, 4.69) is 0 Å². The van der Waals surface area contributed by atoms with E-state index in [0.29, 0.717) is 23.0 Å². The highest BCUT2D eigenvalue weighted by molar-refractivity contribution is 5.90. The fourth-order valence-corrected chi connectivity index (χ4v) is 5.20. The van der Waals surface area contributed by atoms with Crippen LogP contribution >= 0.6 is 0 Å². The largest absolute Gasteiger partial charge is 0.452 e. The Kier molecular flexibility index (Phi) is 4.84. The molecule has 0 radical (unpaired) electrons. The molecule has 0 N–H and O–H groups in total. The van der Waals surface area contributed by atoms with Gasteiger partial charge in [0.2, 0.25) is 0 Å². The molecule has 0 amide bonds. The summed E-state index contributed by atoms with van der Waals surface area (Å²) in [6, 6.07) is 17.8. The van der Waals surface area contributed by atoms with Crippen molar-refractivity contribution in [3.63, 3.8) is 0 Å². The maximum absolute atomic E-state index is 12.7. The minimum Gasteiger partial charge on any atom is -0.452 e. The van der Waals surface area contributed by atoms with Crippen LogP contribution in [0.4, 0.5) is 0 Å². The highest BCUT2D eigenvalue weighted by Crippen LogP contribution is 2.52. The van der Waals surface area contributed by atoms with Crippen LogP contribution in [-0.4, -0.2) is 36.4 Å². The number of hydrogen-bond acceptors (Lipinski definition) is 5. The van der Waals surface area contributed by atoms with E-state index in [1.165, 1.54) is 12.8 Å². The van der Waals surface area contributed by atoms with E-state index in [9.17, 15) is 9.59 Å². The first-order valence-corrected chi connectivity index (χ1v) is 10.4. The predicted molar refractivity (Wildman–Crippen MR) is 105 cm³/mol.